The molecule has 0 unspecified atom stereocenters. The van der Waals surface area contributed by atoms with Crippen LogP contribution in [0, 0.1) is 20.8 Å². The highest BCUT2D eigenvalue weighted by molar-refractivity contribution is 5.96. The van der Waals surface area contributed by atoms with Crippen molar-refractivity contribution in [3.05, 3.63) is 34.4 Å². The van der Waals surface area contributed by atoms with Gasteiger partial charge in [-0.2, -0.15) is 0 Å². The van der Waals surface area contributed by atoms with Crippen LogP contribution in [0.5, 0.6) is 0 Å². The Balaban J connectivity index is 2.96. The minimum Gasteiger partial charge on any atom is -0.350 e. The topological polar surface area (TPSA) is 29.1 Å². The van der Waals surface area contributed by atoms with Crippen LogP contribution in [0.1, 0.15) is 47.3 Å². The summed E-state index contributed by atoms with van der Waals surface area (Å²) in [5, 5.41) is 2.99. The number of rotatable bonds is 3. The molecule has 1 N–H and O–H groups in total. The zero-order valence-electron chi connectivity index (χ0n) is 10.8. The Morgan fingerprint density at radius 2 is 1.75 bits per heavy atom. The molecule has 1 amide bonds. The molecule has 1 rings (SSSR count). The second-order valence-corrected chi connectivity index (χ2v) is 4.53. The van der Waals surface area contributed by atoms with Crippen molar-refractivity contribution in [1.29, 1.82) is 0 Å². The molecule has 2 heteroatoms. The molecule has 0 aromatic heterocycles. The maximum Gasteiger partial charge on any atom is 0.251 e. The number of amides is 1. The summed E-state index contributed by atoms with van der Waals surface area (Å²) in [5.41, 5.74) is 4.24. The van der Waals surface area contributed by atoms with E-state index in [-0.39, 0.29) is 11.9 Å². The molecule has 0 aliphatic rings. The molecule has 1 atom stereocenters. The smallest absolute Gasteiger partial charge is 0.251 e. The normalized spacial score (nSPS) is 12.3. The Bertz CT molecular complexity index is 396. The minimum atomic E-state index is 0.0370. The lowest BCUT2D eigenvalue weighted by molar-refractivity contribution is 0.0938. The van der Waals surface area contributed by atoms with E-state index in [9.17, 15) is 4.79 Å². The van der Waals surface area contributed by atoms with E-state index in [4.69, 9.17) is 0 Å². The van der Waals surface area contributed by atoms with E-state index >= 15 is 0 Å². The van der Waals surface area contributed by atoms with E-state index in [1.54, 1.807) is 0 Å². The first kappa shape index (κ1) is 12.8. The van der Waals surface area contributed by atoms with E-state index in [0.717, 1.165) is 17.5 Å². The van der Waals surface area contributed by atoms with Crippen LogP contribution < -0.4 is 5.32 Å². The van der Waals surface area contributed by atoms with E-state index < -0.39 is 0 Å². The van der Waals surface area contributed by atoms with E-state index in [1.807, 2.05) is 26.8 Å². The van der Waals surface area contributed by atoms with Gasteiger partial charge in [-0.3, -0.25) is 4.79 Å². The average Bonchev–Trinajstić information content (AvgIpc) is 2.23. The van der Waals surface area contributed by atoms with Crippen molar-refractivity contribution in [1.82, 2.24) is 5.32 Å². The number of carbonyl (C=O) groups is 1. The molecule has 0 saturated carbocycles. The summed E-state index contributed by atoms with van der Waals surface area (Å²) >= 11 is 0. The molecule has 0 heterocycles. The summed E-state index contributed by atoms with van der Waals surface area (Å²) in [6.07, 6.45) is 0.954. The van der Waals surface area contributed by atoms with Gasteiger partial charge in [0.15, 0.2) is 0 Å². The van der Waals surface area contributed by atoms with Crippen LogP contribution in [0.4, 0.5) is 0 Å². The van der Waals surface area contributed by atoms with Gasteiger partial charge < -0.3 is 5.32 Å². The van der Waals surface area contributed by atoms with Gasteiger partial charge in [0.25, 0.3) is 5.91 Å². The number of carbonyl (C=O) groups excluding carboxylic acids is 1. The van der Waals surface area contributed by atoms with Crippen molar-refractivity contribution in [2.24, 2.45) is 0 Å². The van der Waals surface area contributed by atoms with Crippen LogP contribution in [0.15, 0.2) is 12.1 Å². The third-order valence-corrected chi connectivity index (χ3v) is 3.08. The van der Waals surface area contributed by atoms with Crippen LogP contribution in [0.25, 0.3) is 0 Å². The van der Waals surface area contributed by atoms with Crippen LogP contribution in [-0.2, 0) is 0 Å². The molecular weight excluding hydrogens is 198 g/mol. The third-order valence-electron chi connectivity index (χ3n) is 3.08. The second-order valence-electron chi connectivity index (χ2n) is 4.53. The summed E-state index contributed by atoms with van der Waals surface area (Å²) in [5.74, 6) is 0.0370. The highest BCUT2D eigenvalue weighted by Gasteiger charge is 2.12. The Morgan fingerprint density at radius 3 is 2.31 bits per heavy atom. The molecule has 16 heavy (non-hydrogen) atoms. The average molecular weight is 219 g/mol. The number of benzene rings is 1. The zero-order chi connectivity index (χ0) is 12.3. The van der Waals surface area contributed by atoms with Gasteiger partial charge in [0.2, 0.25) is 0 Å². The quantitative estimate of drug-likeness (QED) is 0.831. The lowest BCUT2D eigenvalue weighted by Gasteiger charge is -2.14. The van der Waals surface area contributed by atoms with Crippen molar-refractivity contribution in [2.75, 3.05) is 0 Å². The first-order chi connectivity index (χ1) is 7.45. The fraction of sp³-hybridized carbons (Fsp3) is 0.500. The predicted octanol–water partition coefficient (Wildman–Crippen LogP) is 3.14. The largest absolute Gasteiger partial charge is 0.350 e. The van der Waals surface area contributed by atoms with Crippen molar-refractivity contribution in [3.8, 4) is 0 Å². The Kier molecular flexibility index (Phi) is 4.11. The van der Waals surface area contributed by atoms with Gasteiger partial charge in [0.1, 0.15) is 0 Å². The second kappa shape index (κ2) is 5.15. The molecule has 0 fully saturated rings. The van der Waals surface area contributed by atoms with Gasteiger partial charge in [-0.15, -0.1) is 0 Å². The fourth-order valence-corrected chi connectivity index (χ4v) is 1.61. The van der Waals surface area contributed by atoms with Crippen LogP contribution >= 0.6 is 0 Å². The molecule has 0 spiro atoms. The number of hydrogen-bond acceptors (Lipinski definition) is 1. The van der Waals surface area contributed by atoms with Gasteiger partial charge >= 0.3 is 0 Å². The minimum absolute atomic E-state index is 0.0370. The monoisotopic (exact) mass is 219 g/mol. The highest BCUT2D eigenvalue weighted by atomic mass is 16.1. The third kappa shape index (κ3) is 2.84. The SMILES string of the molecule is CC[C@H](C)NC(=O)c1cc(C)c(C)cc1C. The lowest BCUT2D eigenvalue weighted by atomic mass is 10.00. The molecule has 0 aliphatic carbocycles. The van der Waals surface area contributed by atoms with Crippen LogP contribution in [0.3, 0.4) is 0 Å². The first-order valence-electron chi connectivity index (χ1n) is 5.84. The van der Waals surface area contributed by atoms with Crippen molar-refractivity contribution < 1.29 is 4.79 Å². The number of aryl methyl sites for hydroxylation is 3. The van der Waals surface area contributed by atoms with Gasteiger partial charge in [-0.1, -0.05) is 13.0 Å². The fourth-order valence-electron chi connectivity index (χ4n) is 1.61. The number of hydrogen-bond donors (Lipinski definition) is 1. The lowest BCUT2D eigenvalue weighted by Crippen LogP contribution is -2.32. The molecule has 0 saturated heterocycles. The summed E-state index contributed by atoms with van der Waals surface area (Å²) in [7, 11) is 0. The first-order valence-corrected chi connectivity index (χ1v) is 5.84. The zero-order valence-corrected chi connectivity index (χ0v) is 10.8. The van der Waals surface area contributed by atoms with Crippen molar-refractivity contribution >= 4 is 5.91 Å². The highest BCUT2D eigenvalue weighted by Crippen LogP contribution is 2.15. The van der Waals surface area contributed by atoms with Crippen LogP contribution in [0.2, 0.25) is 0 Å². The maximum atomic E-state index is 12.0. The molecule has 0 radical (unpaired) electrons. The molecule has 1 aromatic carbocycles. The van der Waals surface area contributed by atoms with Gasteiger partial charge in [0.05, 0.1) is 0 Å². The van der Waals surface area contributed by atoms with E-state index in [1.165, 1.54) is 11.1 Å². The van der Waals surface area contributed by atoms with Gasteiger partial charge in [-0.05, 0) is 56.9 Å². The summed E-state index contributed by atoms with van der Waals surface area (Å²) in [6, 6.07) is 4.27. The standard InChI is InChI=1S/C14H21NO/c1-6-12(5)15-14(16)13-8-10(3)9(2)7-11(13)4/h7-8,12H,6H2,1-5H3,(H,15,16)/t12-/m0/s1. The molecule has 0 bridgehead atoms. The maximum absolute atomic E-state index is 12.0. The molecule has 1 aromatic rings. The van der Waals surface area contributed by atoms with E-state index in [2.05, 4.69) is 25.2 Å². The van der Waals surface area contributed by atoms with E-state index in [0.29, 0.717) is 0 Å². The van der Waals surface area contributed by atoms with Gasteiger partial charge in [-0.25, -0.2) is 0 Å². The molecule has 2 nitrogen and oxygen atoms in total. The van der Waals surface area contributed by atoms with Crippen LogP contribution in [-0.4, -0.2) is 11.9 Å². The predicted molar refractivity (Wildman–Crippen MR) is 67.9 cm³/mol. The Labute approximate surface area is 98.1 Å². The Morgan fingerprint density at radius 1 is 1.19 bits per heavy atom. The van der Waals surface area contributed by atoms with Crippen molar-refractivity contribution in [3.63, 3.8) is 0 Å². The molecule has 88 valence electrons. The van der Waals surface area contributed by atoms with Gasteiger partial charge in [0, 0.05) is 11.6 Å². The molecule has 0 aliphatic heterocycles. The number of nitrogens with one attached hydrogen (secondary N) is 1. The van der Waals surface area contributed by atoms with Crippen molar-refractivity contribution in [2.45, 2.75) is 47.1 Å². The summed E-state index contributed by atoms with van der Waals surface area (Å²) < 4.78 is 0. The molecular formula is C14H21NO. The summed E-state index contributed by atoms with van der Waals surface area (Å²) in [4.78, 5) is 12.0. The summed E-state index contributed by atoms with van der Waals surface area (Å²) in [6.45, 7) is 10.2. The Hall–Kier alpha value is -1.31.